The zero-order chi connectivity index (χ0) is 28.1. The SMILES string of the molecule is CCCC(C)C(=O)O[C@@H](C)COC(=O)[C@@H](N)Cc1ccc(OC(=O)CC(C)C)c(OC(=O)CC(C)C)c1. The van der Waals surface area contributed by atoms with Crippen LogP contribution in [-0.2, 0) is 35.1 Å². The zero-order valence-corrected chi connectivity index (χ0v) is 23.2. The highest BCUT2D eigenvalue weighted by atomic mass is 16.6. The van der Waals surface area contributed by atoms with Crippen molar-refractivity contribution in [3.05, 3.63) is 23.8 Å². The van der Waals surface area contributed by atoms with E-state index in [1.54, 1.807) is 19.9 Å². The maximum atomic E-state index is 12.4. The third kappa shape index (κ3) is 12.7. The second-order valence-corrected chi connectivity index (χ2v) is 10.3. The van der Waals surface area contributed by atoms with Crippen molar-refractivity contribution in [3.63, 3.8) is 0 Å². The van der Waals surface area contributed by atoms with Gasteiger partial charge in [-0.25, -0.2) is 0 Å². The van der Waals surface area contributed by atoms with E-state index in [0.717, 1.165) is 12.8 Å². The van der Waals surface area contributed by atoms with Gasteiger partial charge in [-0.2, -0.15) is 0 Å². The van der Waals surface area contributed by atoms with Crippen LogP contribution < -0.4 is 15.2 Å². The summed E-state index contributed by atoms with van der Waals surface area (Å²) in [5, 5.41) is 0. The van der Waals surface area contributed by atoms with Crippen LogP contribution in [0, 0.1) is 17.8 Å². The van der Waals surface area contributed by atoms with Crippen LogP contribution in [0.1, 0.15) is 79.7 Å². The molecule has 9 heteroatoms. The molecule has 1 unspecified atom stereocenters. The second kappa shape index (κ2) is 16.0. The minimum Gasteiger partial charge on any atom is -0.461 e. The number of hydrogen-bond donors (Lipinski definition) is 1. The molecule has 0 heterocycles. The number of hydrogen-bond acceptors (Lipinski definition) is 9. The highest BCUT2D eigenvalue weighted by Gasteiger charge is 2.22. The third-order valence-electron chi connectivity index (χ3n) is 5.27. The van der Waals surface area contributed by atoms with Crippen LogP contribution in [0.25, 0.3) is 0 Å². The number of ether oxygens (including phenoxy) is 4. The largest absolute Gasteiger partial charge is 0.461 e. The van der Waals surface area contributed by atoms with Gasteiger partial charge in [0.25, 0.3) is 0 Å². The number of nitrogens with two attached hydrogens (primary N) is 1. The lowest BCUT2D eigenvalue weighted by Crippen LogP contribution is -2.36. The Kier molecular flexibility index (Phi) is 13.9. The number of carbonyl (C=O) groups is 4. The molecule has 9 nitrogen and oxygen atoms in total. The van der Waals surface area contributed by atoms with Crippen molar-refractivity contribution >= 4 is 23.9 Å². The van der Waals surface area contributed by atoms with E-state index in [0.29, 0.717) is 5.56 Å². The molecule has 0 aliphatic carbocycles. The molecule has 0 fully saturated rings. The monoisotopic (exact) mass is 521 g/mol. The molecule has 1 rings (SSSR count). The maximum Gasteiger partial charge on any atom is 0.323 e. The summed E-state index contributed by atoms with van der Waals surface area (Å²) in [5.74, 6) is -1.72. The number of carbonyl (C=O) groups excluding carboxylic acids is 4. The average Bonchev–Trinajstić information content (AvgIpc) is 2.78. The Hall–Kier alpha value is -2.94. The maximum absolute atomic E-state index is 12.4. The Morgan fingerprint density at radius 1 is 0.838 bits per heavy atom. The van der Waals surface area contributed by atoms with Gasteiger partial charge in [0.05, 0.1) is 5.92 Å². The van der Waals surface area contributed by atoms with E-state index in [9.17, 15) is 19.2 Å². The van der Waals surface area contributed by atoms with Gasteiger partial charge in [0.1, 0.15) is 18.8 Å². The molecule has 0 amide bonds. The summed E-state index contributed by atoms with van der Waals surface area (Å²) < 4.78 is 21.4. The van der Waals surface area contributed by atoms with Gasteiger partial charge in [-0.15, -0.1) is 0 Å². The van der Waals surface area contributed by atoms with Crippen molar-refractivity contribution in [2.24, 2.45) is 23.5 Å². The van der Waals surface area contributed by atoms with Crippen molar-refractivity contribution < 1.29 is 38.1 Å². The Bertz CT molecular complexity index is 911. The molecule has 0 spiro atoms. The predicted molar refractivity (Wildman–Crippen MR) is 139 cm³/mol. The van der Waals surface area contributed by atoms with E-state index in [1.165, 1.54) is 12.1 Å². The van der Waals surface area contributed by atoms with Crippen LogP contribution in [-0.4, -0.2) is 42.6 Å². The molecular formula is C28H43NO8. The first-order chi connectivity index (χ1) is 17.3. The number of esters is 4. The Morgan fingerprint density at radius 2 is 1.41 bits per heavy atom. The molecule has 1 aromatic carbocycles. The summed E-state index contributed by atoms with van der Waals surface area (Å²) in [7, 11) is 0. The smallest absolute Gasteiger partial charge is 0.323 e. The van der Waals surface area contributed by atoms with Crippen molar-refractivity contribution in [3.8, 4) is 11.5 Å². The molecule has 0 bridgehead atoms. The van der Waals surface area contributed by atoms with Crippen LogP contribution in [0.5, 0.6) is 11.5 Å². The molecule has 0 aliphatic rings. The van der Waals surface area contributed by atoms with Crippen LogP contribution in [0.3, 0.4) is 0 Å². The van der Waals surface area contributed by atoms with Crippen LogP contribution in [0.4, 0.5) is 0 Å². The van der Waals surface area contributed by atoms with Crippen LogP contribution >= 0.6 is 0 Å². The lowest BCUT2D eigenvalue weighted by molar-refractivity contribution is -0.161. The lowest BCUT2D eigenvalue weighted by Gasteiger charge is -2.18. The second-order valence-electron chi connectivity index (χ2n) is 10.3. The fourth-order valence-electron chi connectivity index (χ4n) is 3.38. The highest BCUT2D eigenvalue weighted by Crippen LogP contribution is 2.30. The van der Waals surface area contributed by atoms with E-state index in [4.69, 9.17) is 24.7 Å². The normalized spacial score (nSPS) is 13.6. The Labute approximate surface area is 220 Å². The molecule has 0 aromatic heterocycles. The van der Waals surface area contributed by atoms with Gasteiger partial charge in [0.15, 0.2) is 11.5 Å². The molecule has 0 saturated heterocycles. The standard InChI is InChI=1S/C28H43NO8/c1-8-9-19(6)27(32)35-20(7)16-34-28(33)22(29)14-21-10-11-23(36-25(30)12-17(2)3)24(15-21)37-26(31)13-18(4)5/h10-11,15,17-20,22H,8-9,12-14,16,29H2,1-7H3/t19?,20-,22-/m0/s1. The molecular weight excluding hydrogens is 478 g/mol. The quantitative estimate of drug-likeness (QED) is 0.264. The topological polar surface area (TPSA) is 131 Å². The van der Waals surface area contributed by atoms with Gasteiger partial charge >= 0.3 is 23.9 Å². The first kappa shape index (κ1) is 32.1. The predicted octanol–water partition coefficient (Wildman–Crippen LogP) is 4.37. The van der Waals surface area contributed by atoms with Crippen molar-refractivity contribution in [2.75, 3.05) is 6.61 Å². The van der Waals surface area contributed by atoms with Gasteiger partial charge in [0, 0.05) is 12.8 Å². The minimum absolute atomic E-state index is 0.0855. The van der Waals surface area contributed by atoms with Gasteiger partial charge in [-0.05, 0) is 49.3 Å². The summed E-state index contributed by atoms with van der Waals surface area (Å²) in [4.78, 5) is 48.9. The average molecular weight is 522 g/mol. The van der Waals surface area contributed by atoms with Crippen molar-refractivity contribution in [1.82, 2.24) is 0 Å². The minimum atomic E-state index is -1.00. The molecule has 0 aliphatic heterocycles. The van der Waals surface area contributed by atoms with Crippen LogP contribution in [0.15, 0.2) is 18.2 Å². The number of rotatable bonds is 15. The summed E-state index contributed by atoms with van der Waals surface area (Å²) >= 11 is 0. The summed E-state index contributed by atoms with van der Waals surface area (Å²) in [6.45, 7) is 12.9. The van der Waals surface area contributed by atoms with E-state index in [2.05, 4.69) is 0 Å². The molecule has 0 saturated carbocycles. The number of benzene rings is 1. The zero-order valence-electron chi connectivity index (χ0n) is 23.2. The summed E-state index contributed by atoms with van der Waals surface area (Å²) in [5.41, 5.74) is 6.63. The van der Waals surface area contributed by atoms with Crippen molar-refractivity contribution in [1.29, 1.82) is 0 Å². The van der Waals surface area contributed by atoms with Gasteiger partial charge in [-0.3, -0.25) is 19.2 Å². The van der Waals surface area contributed by atoms with Crippen LogP contribution in [0.2, 0.25) is 0 Å². The molecule has 37 heavy (non-hydrogen) atoms. The first-order valence-corrected chi connectivity index (χ1v) is 13.0. The Balaban J connectivity index is 2.83. The molecule has 3 atom stereocenters. The van der Waals surface area contributed by atoms with E-state index >= 15 is 0 Å². The fraction of sp³-hybridized carbons (Fsp3) is 0.643. The molecule has 2 N–H and O–H groups in total. The Morgan fingerprint density at radius 3 is 1.95 bits per heavy atom. The molecule has 0 radical (unpaired) electrons. The molecule has 208 valence electrons. The summed E-state index contributed by atoms with van der Waals surface area (Å²) in [6.07, 6.45) is 1.48. The fourth-order valence-corrected chi connectivity index (χ4v) is 3.38. The van der Waals surface area contributed by atoms with Gasteiger partial charge < -0.3 is 24.7 Å². The summed E-state index contributed by atoms with van der Waals surface area (Å²) in [6, 6.07) is 3.69. The van der Waals surface area contributed by atoms with E-state index < -0.39 is 30.1 Å². The van der Waals surface area contributed by atoms with E-state index in [-0.39, 0.29) is 61.1 Å². The van der Waals surface area contributed by atoms with Gasteiger partial charge in [0.2, 0.25) is 0 Å². The third-order valence-corrected chi connectivity index (χ3v) is 5.27. The van der Waals surface area contributed by atoms with E-state index in [1.807, 2.05) is 34.6 Å². The van der Waals surface area contributed by atoms with Gasteiger partial charge in [-0.1, -0.05) is 54.0 Å². The van der Waals surface area contributed by atoms with Crippen molar-refractivity contribution in [2.45, 2.75) is 92.7 Å². The lowest BCUT2D eigenvalue weighted by atomic mass is 10.1. The highest BCUT2D eigenvalue weighted by molar-refractivity contribution is 5.77. The first-order valence-electron chi connectivity index (χ1n) is 13.0. The molecule has 1 aromatic rings.